The van der Waals surface area contributed by atoms with Gasteiger partial charge in [-0.2, -0.15) is 0 Å². The van der Waals surface area contributed by atoms with E-state index in [4.69, 9.17) is 4.74 Å². The predicted octanol–water partition coefficient (Wildman–Crippen LogP) is 3.72. The second-order valence-electron chi connectivity index (χ2n) is 6.53. The van der Waals surface area contributed by atoms with Gasteiger partial charge in [0.15, 0.2) is 5.60 Å². The minimum atomic E-state index is -1.28. The van der Waals surface area contributed by atoms with Crippen LogP contribution in [-0.4, -0.2) is 24.0 Å². The first-order valence-electron chi connectivity index (χ1n) is 8.67. The molecule has 2 heterocycles. The molecule has 5 heteroatoms. The Labute approximate surface area is 150 Å². The van der Waals surface area contributed by atoms with Gasteiger partial charge in [-0.1, -0.05) is 30.3 Å². The molecule has 0 N–H and O–H groups in total. The summed E-state index contributed by atoms with van der Waals surface area (Å²) in [5.41, 5.74) is 0.0391. The van der Waals surface area contributed by atoms with Crippen LogP contribution in [0.1, 0.15) is 24.8 Å². The third-order valence-corrected chi connectivity index (χ3v) is 4.86. The van der Waals surface area contributed by atoms with Crippen LogP contribution in [0.5, 0.6) is 0 Å². The number of rotatable bonds is 2. The van der Waals surface area contributed by atoms with E-state index >= 15 is 0 Å². The first kappa shape index (κ1) is 16.7. The summed E-state index contributed by atoms with van der Waals surface area (Å²) >= 11 is 0. The lowest BCUT2D eigenvalue weighted by Gasteiger charge is -2.32. The van der Waals surface area contributed by atoms with Crippen LogP contribution in [0, 0.1) is 5.82 Å². The maximum Gasteiger partial charge on any atom is 0.271 e. The lowest BCUT2D eigenvalue weighted by molar-refractivity contribution is -0.140. The number of imide groups is 1. The van der Waals surface area contributed by atoms with Gasteiger partial charge in [-0.3, -0.25) is 9.59 Å². The summed E-state index contributed by atoms with van der Waals surface area (Å²) in [5.74, 6) is -1.17. The van der Waals surface area contributed by atoms with Crippen LogP contribution in [0.2, 0.25) is 0 Å². The van der Waals surface area contributed by atoms with Crippen molar-refractivity contribution in [1.82, 2.24) is 0 Å². The fourth-order valence-electron chi connectivity index (χ4n) is 3.61. The van der Waals surface area contributed by atoms with E-state index in [1.165, 1.54) is 17.0 Å². The van der Waals surface area contributed by atoms with Crippen molar-refractivity contribution in [3.8, 4) is 0 Å². The molecule has 2 aliphatic rings. The van der Waals surface area contributed by atoms with Gasteiger partial charge in [-0.25, -0.2) is 9.29 Å². The number of hydrogen-bond acceptors (Lipinski definition) is 3. The van der Waals surface area contributed by atoms with E-state index in [1.807, 2.05) is 6.07 Å². The highest BCUT2D eigenvalue weighted by atomic mass is 19.1. The molecule has 2 aromatic rings. The van der Waals surface area contributed by atoms with E-state index in [0.717, 1.165) is 12.8 Å². The Balaban J connectivity index is 1.84. The quantitative estimate of drug-likeness (QED) is 0.612. The topological polar surface area (TPSA) is 46.6 Å². The Morgan fingerprint density at radius 2 is 1.85 bits per heavy atom. The standard InChI is InChI=1S/C21H18FNO3/c22-16-8-6-7-15(13-16)14-18-19(24)23(17-9-2-1-3-10-17)20(25)21(18)11-4-5-12-26-21/h1-3,6-10,13-14H,4-5,11-12H2/b18-14-. The zero-order valence-corrected chi connectivity index (χ0v) is 14.2. The van der Waals surface area contributed by atoms with E-state index in [-0.39, 0.29) is 11.5 Å². The zero-order valence-electron chi connectivity index (χ0n) is 14.2. The summed E-state index contributed by atoms with van der Waals surface area (Å²) in [6.07, 6.45) is 3.67. The van der Waals surface area contributed by atoms with Gasteiger partial charge in [-0.05, 0) is 55.2 Å². The van der Waals surface area contributed by atoms with E-state index in [9.17, 15) is 14.0 Å². The number of amides is 2. The highest BCUT2D eigenvalue weighted by Crippen LogP contribution is 2.42. The van der Waals surface area contributed by atoms with Crippen molar-refractivity contribution in [2.24, 2.45) is 0 Å². The number of halogens is 1. The number of para-hydroxylation sites is 1. The van der Waals surface area contributed by atoms with E-state index in [2.05, 4.69) is 0 Å². The number of ether oxygens (including phenoxy) is 1. The van der Waals surface area contributed by atoms with E-state index in [1.54, 1.807) is 42.5 Å². The summed E-state index contributed by atoms with van der Waals surface area (Å²) in [6, 6.07) is 14.8. The molecule has 2 aromatic carbocycles. The monoisotopic (exact) mass is 351 g/mol. The summed E-state index contributed by atoms with van der Waals surface area (Å²) in [4.78, 5) is 27.5. The summed E-state index contributed by atoms with van der Waals surface area (Å²) < 4.78 is 19.5. The van der Waals surface area contributed by atoms with Crippen molar-refractivity contribution >= 4 is 23.6 Å². The van der Waals surface area contributed by atoms with Gasteiger partial charge in [0.05, 0.1) is 11.3 Å². The van der Waals surface area contributed by atoms with Crippen LogP contribution in [0.4, 0.5) is 10.1 Å². The fourth-order valence-corrected chi connectivity index (χ4v) is 3.61. The molecule has 1 atom stereocenters. The predicted molar refractivity (Wildman–Crippen MR) is 95.8 cm³/mol. The molecule has 0 radical (unpaired) electrons. The largest absolute Gasteiger partial charge is 0.360 e. The maximum absolute atomic E-state index is 13.6. The smallest absolute Gasteiger partial charge is 0.271 e. The average molecular weight is 351 g/mol. The molecule has 1 spiro atoms. The van der Waals surface area contributed by atoms with Gasteiger partial charge < -0.3 is 4.74 Å². The number of carbonyl (C=O) groups excluding carboxylic acids is 2. The Bertz CT molecular complexity index is 885. The Kier molecular flexibility index (Phi) is 4.17. The molecular formula is C21H18FNO3. The molecule has 2 fully saturated rings. The molecule has 2 saturated heterocycles. The van der Waals surface area contributed by atoms with Gasteiger partial charge >= 0.3 is 0 Å². The molecule has 0 aliphatic carbocycles. The molecule has 0 aromatic heterocycles. The van der Waals surface area contributed by atoms with Crippen molar-refractivity contribution < 1.29 is 18.7 Å². The van der Waals surface area contributed by atoms with Crippen LogP contribution in [0.3, 0.4) is 0 Å². The Morgan fingerprint density at radius 3 is 2.54 bits per heavy atom. The number of nitrogens with zero attached hydrogens (tertiary/aromatic N) is 1. The molecule has 4 nitrogen and oxygen atoms in total. The summed E-state index contributed by atoms with van der Waals surface area (Å²) in [6.45, 7) is 0.419. The van der Waals surface area contributed by atoms with Crippen molar-refractivity contribution in [2.45, 2.75) is 24.9 Å². The van der Waals surface area contributed by atoms with Crippen molar-refractivity contribution in [3.05, 3.63) is 71.6 Å². The summed E-state index contributed by atoms with van der Waals surface area (Å²) in [7, 11) is 0. The molecule has 2 aliphatic heterocycles. The molecular weight excluding hydrogens is 333 g/mol. The van der Waals surface area contributed by atoms with Crippen LogP contribution >= 0.6 is 0 Å². The van der Waals surface area contributed by atoms with Crippen molar-refractivity contribution in [1.29, 1.82) is 0 Å². The Morgan fingerprint density at radius 1 is 1.04 bits per heavy atom. The van der Waals surface area contributed by atoms with Gasteiger partial charge in [0.1, 0.15) is 5.82 Å². The highest BCUT2D eigenvalue weighted by molar-refractivity contribution is 6.33. The third kappa shape index (κ3) is 2.65. The lowest BCUT2D eigenvalue weighted by atomic mass is 9.86. The molecule has 26 heavy (non-hydrogen) atoms. The van der Waals surface area contributed by atoms with E-state index in [0.29, 0.717) is 24.3 Å². The number of carbonyl (C=O) groups is 2. The summed E-state index contributed by atoms with van der Waals surface area (Å²) in [5, 5.41) is 0. The molecule has 132 valence electrons. The van der Waals surface area contributed by atoms with E-state index < -0.39 is 17.3 Å². The van der Waals surface area contributed by atoms with Crippen LogP contribution in [0.25, 0.3) is 6.08 Å². The van der Waals surface area contributed by atoms with Gasteiger partial charge in [0.25, 0.3) is 11.8 Å². The number of benzene rings is 2. The van der Waals surface area contributed by atoms with Gasteiger partial charge in [-0.15, -0.1) is 0 Å². The highest BCUT2D eigenvalue weighted by Gasteiger charge is 2.57. The Hall–Kier alpha value is -2.79. The third-order valence-electron chi connectivity index (χ3n) is 4.86. The van der Waals surface area contributed by atoms with Crippen LogP contribution in [0.15, 0.2) is 60.2 Å². The molecule has 1 unspecified atom stereocenters. The average Bonchev–Trinajstić information content (AvgIpc) is 2.85. The van der Waals surface area contributed by atoms with Crippen LogP contribution in [-0.2, 0) is 14.3 Å². The first-order chi connectivity index (χ1) is 12.6. The van der Waals surface area contributed by atoms with Gasteiger partial charge in [0.2, 0.25) is 0 Å². The first-order valence-corrected chi connectivity index (χ1v) is 8.67. The molecule has 2 amide bonds. The zero-order chi connectivity index (χ0) is 18.1. The minimum absolute atomic E-state index is 0.275. The van der Waals surface area contributed by atoms with Crippen molar-refractivity contribution in [2.75, 3.05) is 11.5 Å². The minimum Gasteiger partial charge on any atom is -0.360 e. The normalized spacial score (nSPS) is 24.7. The van der Waals surface area contributed by atoms with Crippen LogP contribution < -0.4 is 4.90 Å². The number of anilines is 1. The maximum atomic E-state index is 13.6. The molecule has 0 bridgehead atoms. The second-order valence-corrected chi connectivity index (χ2v) is 6.53. The fraction of sp³-hybridized carbons (Fsp3) is 0.238. The second kappa shape index (κ2) is 6.50. The number of hydrogen-bond donors (Lipinski definition) is 0. The molecule has 0 saturated carbocycles. The SMILES string of the molecule is O=C1/C(=C/c2cccc(F)c2)C2(CCCCO2)C(=O)N1c1ccccc1. The van der Waals surface area contributed by atoms with Gasteiger partial charge in [0, 0.05) is 6.61 Å². The van der Waals surface area contributed by atoms with Crippen molar-refractivity contribution in [3.63, 3.8) is 0 Å². The lowest BCUT2D eigenvalue weighted by Crippen LogP contribution is -2.45. The molecule has 4 rings (SSSR count).